The van der Waals surface area contributed by atoms with Crippen molar-refractivity contribution in [2.45, 2.75) is 6.92 Å². The van der Waals surface area contributed by atoms with Gasteiger partial charge in [-0.1, -0.05) is 30.0 Å². The van der Waals surface area contributed by atoms with Crippen LogP contribution in [0.5, 0.6) is 0 Å². The van der Waals surface area contributed by atoms with Crippen LogP contribution in [0.1, 0.15) is 28.5 Å². The van der Waals surface area contributed by atoms with Crippen LogP contribution in [0, 0.1) is 11.8 Å². The zero-order valence-corrected chi connectivity index (χ0v) is 12.2. The predicted octanol–water partition coefficient (Wildman–Crippen LogP) is 3.47. The molecule has 0 aliphatic rings. The third-order valence-electron chi connectivity index (χ3n) is 3.28. The maximum Gasteiger partial charge on any atom is 0.176 e. The smallest absolute Gasteiger partial charge is 0.176 e. The fourth-order valence-corrected chi connectivity index (χ4v) is 2.23. The molecule has 3 aromatic rings. The van der Waals surface area contributed by atoms with Gasteiger partial charge in [-0.15, -0.1) is 0 Å². The summed E-state index contributed by atoms with van der Waals surface area (Å²) in [5.74, 6) is 6.28. The van der Waals surface area contributed by atoms with E-state index in [0.29, 0.717) is 5.69 Å². The molecule has 3 heteroatoms. The Morgan fingerprint density at radius 1 is 1.05 bits per heavy atom. The number of nitrogens with zero attached hydrogens (tertiary/aromatic N) is 2. The van der Waals surface area contributed by atoms with E-state index in [9.17, 15) is 4.79 Å². The summed E-state index contributed by atoms with van der Waals surface area (Å²) in [5, 5.41) is 0. The highest BCUT2D eigenvalue weighted by Crippen LogP contribution is 2.16. The van der Waals surface area contributed by atoms with Crippen molar-refractivity contribution in [1.29, 1.82) is 0 Å². The largest absolute Gasteiger partial charge is 0.313 e. The number of pyridine rings is 1. The van der Waals surface area contributed by atoms with Crippen molar-refractivity contribution in [3.8, 4) is 17.5 Å². The Bertz CT molecular complexity index is 867. The Balaban J connectivity index is 2.06. The summed E-state index contributed by atoms with van der Waals surface area (Å²) in [4.78, 5) is 15.9. The monoisotopic (exact) mass is 286 g/mol. The minimum absolute atomic E-state index is 0.0174. The molecule has 2 aromatic heterocycles. The van der Waals surface area contributed by atoms with Crippen LogP contribution in [0.3, 0.4) is 0 Å². The quantitative estimate of drug-likeness (QED) is 0.534. The van der Waals surface area contributed by atoms with Gasteiger partial charge in [0.1, 0.15) is 0 Å². The average molecular weight is 286 g/mol. The molecule has 1 aromatic carbocycles. The van der Waals surface area contributed by atoms with E-state index >= 15 is 0 Å². The van der Waals surface area contributed by atoms with E-state index in [0.717, 1.165) is 16.8 Å². The molecule has 0 radical (unpaired) electrons. The van der Waals surface area contributed by atoms with E-state index in [1.807, 2.05) is 53.2 Å². The molecule has 22 heavy (non-hydrogen) atoms. The van der Waals surface area contributed by atoms with Gasteiger partial charge >= 0.3 is 0 Å². The first-order valence-electron chi connectivity index (χ1n) is 6.95. The summed E-state index contributed by atoms with van der Waals surface area (Å²) in [5.41, 5.74) is 3.21. The second-order valence-corrected chi connectivity index (χ2v) is 4.83. The van der Waals surface area contributed by atoms with Crippen LogP contribution in [0.25, 0.3) is 5.69 Å². The van der Waals surface area contributed by atoms with Gasteiger partial charge in [-0.25, -0.2) is 0 Å². The summed E-state index contributed by atoms with van der Waals surface area (Å²) in [6.07, 6.45) is 5.28. The number of carbonyl (C=O) groups excluding carboxylic acids is 1. The van der Waals surface area contributed by atoms with E-state index in [2.05, 4.69) is 16.8 Å². The molecule has 0 bridgehead atoms. The Morgan fingerprint density at radius 3 is 2.64 bits per heavy atom. The topological polar surface area (TPSA) is 34.9 Å². The van der Waals surface area contributed by atoms with E-state index in [1.165, 1.54) is 0 Å². The third kappa shape index (κ3) is 2.82. The Labute approximate surface area is 129 Å². The number of ketones is 1. The first-order chi connectivity index (χ1) is 10.8. The maximum absolute atomic E-state index is 11.7. The second kappa shape index (κ2) is 6.11. The lowest BCUT2D eigenvalue weighted by molar-refractivity contribution is 0.101. The van der Waals surface area contributed by atoms with E-state index in [-0.39, 0.29) is 5.78 Å². The van der Waals surface area contributed by atoms with E-state index < -0.39 is 0 Å². The molecular weight excluding hydrogens is 272 g/mol. The van der Waals surface area contributed by atoms with Crippen molar-refractivity contribution in [3.63, 3.8) is 0 Å². The van der Waals surface area contributed by atoms with E-state index in [1.54, 1.807) is 25.4 Å². The highest BCUT2D eigenvalue weighted by molar-refractivity contribution is 5.93. The summed E-state index contributed by atoms with van der Waals surface area (Å²) in [6, 6.07) is 15.3. The third-order valence-corrected chi connectivity index (χ3v) is 3.28. The van der Waals surface area contributed by atoms with Gasteiger partial charge in [0, 0.05) is 31.1 Å². The number of rotatable bonds is 2. The van der Waals surface area contributed by atoms with Crippen LogP contribution in [-0.4, -0.2) is 15.3 Å². The van der Waals surface area contributed by atoms with Gasteiger partial charge in [-0.3, -0.25) is 9.78 Å². The first kappa shape index (κ1) is 13.8. The molecule has 0 atom stereocenters. The van der Waals surface area contributed by atoms with Gasteiger partial charge in [0.05, 0.1) is 16.9 Å². The molecule has 0 aliphatic carbocycles. The van der Waals surface area contributed by atoms with E-state index in [4.69, 9.17) is 0 Å². The summed E-state index contributed by atoms with van der Waals surface area (Å²) < 4.78 is 1.85. The van der Waals surface area contributed by atoms with Crippen LogP contribution in [0.15, 0.2) is 67.1 Å². The number of Topliss-reactive ketones (excluding diaryl/α,β-unsaturated/α-hetero) is 1. The molecule has 106 valence electrons. The Kier molecular flexibility index (Phi) is 3.84. The highest BCUT2D eigenvalue weighted by Gasteiger charge is 2.10. The van der Waals surface area contributed by atoms with Gasteiger partial charge in [-0.2, -0.15) is 0 Å². The summed E-state index contributed by atoms with van der Waals surface area (Å²) >= 11 is 0. The molecule has 0 N–H and O–H groups in total. The zero-order valence-electron chi connectivity index (χ0n) is 12.2. The molecule has 2 heterocycles. The van der Waals surface area contributed by atoms with Crippen LogP contribution < -0.4 is 0 Å². The number of carbonyl (C=O) groups is 1. The van der Waals surface area contributed by atoms with Gasteiger partial charge in [0.2, 0.25) is 0 Å². The molecule has 3 nitrogen and oxygen atoms in total. The molecule has 0 fully saturated rings. The SMILES string of the molecule is CC(=O)c1cccn1-c1ccncc1C#Cc1ccccc1. The number of aromatic nitrogens is 2. The standard InChI is InChI=1S/C19H14N2O/c1-15(22)18-8-5-13-21(18)19-11-12-20-14-17(19)10-9-16-6-3-2-4-7-16/h2-8,11-14H,1H3. The second-order valence-electron chi connectivity index (χ2n) is 4.83. The van der Waals surface area contributed by atoms with Crippen molar-refractivity contribution in [2.75, 3.05) is 0 Å². The molecule has 0 amide bonds. The normalized spacial score (nSPS) is 9.86. The lowest BCUT2D eigenvalue weighted by atomic mass is 10.2. The zero-order chi connectivity index (χ0) is 15.4. The van der Waals surface area contributed by atoms with Crippen molar-refractivity contribution >= 4 is 5.78 Å². The minimum Gasteiger partial charge on any atom is -0.313 e. The predicted molar refractivity (Wildman–Crippen MR) is 86.0 cm³/mol. The Morgan fingerprint density at radius 2 is 1.86 bits per heavy atom. The van der Waals surface area contributed by atoms with Crippen molar-refractivity contribution < 1.29 is 4.79 Å². The number of hydrogen-bond donors (Lipinski definition) is 0. The van der Waals surface area contributed by atoms with Gasteiger partial charge in [-0.05, 0) is 30.3 Å². The molecular formula is C19H14N2O. The molecule has 0 aliphatic heterocycles. The number of benzene rings is 1. The molecule has 0 unspecified atom stereocenters. The van der Waals surface area contributed by atoms with Gasteiger partial charge < -0.3 is 4.57 Å². The molecule has 0 saturated heterocycles. The number of hydrogen-bond acceptors (Lipinski definition) is 2. The van der Waals surface area contributed by atoms with Crippen LogP contribution in [-0.2, 0) is 0 Å². The maximum atomic E-state index is 11.7. The molecule has 0 spiro atoms. The van der Waals surface area contributed by atoms with Crippen LogP contribution >= 0.6 is 0 Å². The van der Waals surface area contributed by atoms with Crippen LogP contribution in [0.4, 0.5) is 0 Å². The summed E-state index contributed by atoms with van der Waals surface area (Å²) in [7, 11) is 0. The lowest BCUT2D eigenvalue weighted by Crippen LogP contribution is -2.05. The molecule has 3 rings (SSSR count). The first-order valence-corrected chi connectivity index (χ1v) is 6.95. The van der Waals surface area contributed by atoms with Crippen LogP contribution in [0.2, 0.25) is 0 Å². The van der Waals surface area contributed by atoms with Crippen molar-refractivity contribution in [3.05, 3.63) is 83.9 Å². The molecule has 0 saturated carbocycles. The lowest BCUT2D eigenvalue weighted by Gasteiger charge is -2.08. The minimum atomic E-state index is 0.0174. The fraction of sp³-hybridized carbons (Fsp3) is 0.0526. The van der Waals surface area contributed by atoms with Crippen molar-refractivity contribution in [1.82, 2.24) is 9.55 Å². The summed E-state index contributed by atoms with van der Waals surface area (Å²) in [6.45, 7) is 1.56. The Hall–Kier alpha value is -3.12. The average Bonchev–Trinajstić information content (AvgIpc) is 3.04. The van der Waals surface area contributed by atoms with Gasteiger partial charge in [0.25, 0.3) is 0 Å². The van der Waals surface area contributed by atoms with Gasteiger partial charge in [0.15, 0.2) is 5.78 Å². The fourth-order valence-electron chi connectivity index (χ4n) is 2.23. The van der Waals surface area contributed by atoms with Crippen molar-refractivity contribution in [2.24, 2.45) is 0 Å². The highest BCUT2D eigenvalue weighted by atomic mass is 16.1.